The lowest BCUT2D eigenvalue weighted by Crippen LogP contribution is -2.46. The fraction of sp³-hybridized carbons (Fsp3) is 0.478. The summed E-state index contributed by atoms with van der Waals surface area (Å²) in [6, 6.07) is 6.34. The molecule has 4 rings (SSSR count). The number of aliphatic imine (C=N–C) groups is 1. The molecule has 1 saturated heterocycles. The standard InChI is InChI=1S/C23H32N8S/c1-16(2)15-32-29-18-6-5-17(3)19(13-18)27-22-21-20(24-7-8-25-22)14-26-23(28-21)31-11-9-30(4)10-12-31/h5-6,8,13-14,16,27,29H,7,9-12,15H2,1-4H3. The Kier molecular flexibility index (Phi) is 7.26. The number of fused-ring (bicyclic) bond motifs is 1. The molecule has 0 unspecified atom stereocenters. The average molecular weight is 453 g/mol. The van der Waals surface area contributed by atoms with Gasteiger partial charge in [-0.15, -0.1) is 0 Å². The third-order valence-corrected chi connectivity index (χ3v) is 6.64. The average Bonchev–Trinajstić information content (AvgIpc) is 2.98. The van der Waals surface area contributed by atoms with Crippen LogP contribution in [0, 0.1) is 12.8 Å². The molecule has 0 aliphatic carbocycles. The lowest BCUT2D eigenvalue weighted by molar-refractivity contribution is 0.311. The molecule has 32 heavy (non-hydrogen) atoms. The van der Waals surface area contributed by atoms with Crippen LogP contribution in [-0.2, 0) is 0 Å². The van der Waals surface area contributed by atoms with Crippen LogP contribution in [0.25, 0.3) is 5.82 Å². The molecule has 0 radical (unpaired) electrons. The van der Waals surface area contributed by atoms with Crippen LogP contribution in [0.4, 0.5) is 17.3 Å². The van der Waals surface area contributed by atoms with Crippen LogP contribution < -0.4 is 25.6 Å². The quantitative estimate of drug-likeness (QED) is 0.623. The zero-order chi connectivity index (χ0) is 22.5. The summed E-state index contributed by atoms with van der Waals surface area (Å²) in [6.45, 7) is 10.9. The molecule has 3 heterocycles. The molecule has 2 aromatic rings. The van der Waals surface area contributed by atoms with Crippen molar-refractivity contribution in [2.24, 2.45) is 15.9 Å². The Balaban J connectivity index is 1.64. The van der Waals surface area contributed by atoms with Gasteiger partial charge in [-0.25, -0.2) is 15.0 Å². The topological polar surface area (TPSA) is 81.0 Å². The zero-order valence-corrected chi connectivity index (χ0v) is 20.1. The van der Waals surface area contributed by atoms with Crippen molar-refractivity contribution in [3.8, 4) is 0 Å². The highest BCUT2D eigenvalue weighted by molar-refractivity contribution is 8.00. The highest BCUT2D eigenvalue weighted by Crippen LogP contribution is 2.24. The van der Waals surface area contributed by atoms with E-state index < -0.39 is 0 Å². The Morgan fingerprint density at radius 3 is 2.75 bits per heavy atom. The van der Waals surface area contributed by atoms with E-state index in [1.807, 2.05) is 12.4 Å². The first-order valence-corrected chi connectivity index (χ1v) is 12.1. The Bertz CT molecular complexity index is 1090. The first kappa shape index (κ1) is 22.5. The molecular weight excluding hydrogens is 420 g/mol. The summed E-state index contributed by atoms with van der Waals surface area (Å²) in [4.78, 5) is 23.3. The van der Waals surface area contributed by atoms with Gasteiger partial charge in [0.2, 0.25) is 5.95 Å². The van der Waals surface area contributed by atoms with Gasteiger partial charge in [0.25, 0.3) is 0 Å². The number of aromatic nitrogens is 2. The number of likely N-dealkylation sites (N-methyl/N-ethyl adjacent to an activating group) is 1. The van der Waals surface area contributed by atoms with Crippen LogP contribution >= 0.6 is 11.9 Å². The number of hydrogen-bond acceptors (Lipinski definition) is 9. The highest BCUT2D eigenvalue weighted by Gasteiger charge is 2.17. The summed E-state index contributed by atoms with van der Waals surface area (Å²) in [6.07, 6.45) is 3.63. The van der Waals surface area contributed by atoms with E-state index in [4.69, 9.17) is 4.98 Å². The fourth-order valence-electron chi connectivity index (χ4n) is 3.48. The molecule has 170 valence electrons. The zero-order valence-electron chi connectivity index (χ0n) is 19.3. The molecule has 0 amide bonds. The number of rotatable bonds is 7. The van der Waals surface area contributed by atoms with Crippen molar-refractivity contribution in [1.82, 2.24) is 14.9 Å². The Labute approximate surface area is 194 Å². The minimum atomic E-state index is 0.516. The van der Waals surface area contributed by atoms with Gasteiger partial charge in [0.1, 0.15) is 10.7 Å². The Hall–Kier alpha value is -2.65. The molecule has 2 aliphatic heterocycles. The van der Waals surface area contributed by atoms with Gasteiger partial charge in [-0.05, 0) is 37.6 Å². The van der Waals surface area contributed by atoms with E-state index in [1.54, 1.807) is 11.9 Å². The molecule has 2 N–H and O–H groups in total. The molecule has 8 nitrogen and oxygen atoms in total. The minimum Gasteiger partial charge on any atom is -0.338 e. The second-order valence-electron chi connectivity index (χ2n) is 8.66. The number of aryl methyl sites for hydroxylation is 1. The van der Waals surface area contributed by atoms with Crippen molar-refractivity contribution in [2.75, 3.05) is 60.5 Å². The van der Waals surface area contributed by atoms with Gasteiger partial charge >= 0.3 is 0 Å². The summed E-state index contributed by atoms with van der Waals surface area (Å²) < 4.78 is 3.44. The van der Waals surface area contributed by atoms with E-state index >= 15 is 0 Å². The number of anilines is 3. The SMILES string of the molecule is Cc1ccc(NSCC(C)C)cc1NC1=c2nc(N3CCN(C)CC3)ncc2=NCC=N1. The number of nitrogens with zero attached hydrogens (tertiary/aromatic N) is 6. The Morgan fingerprint density at radius 1 is 1.16 bits per heavy atom. The first-order valence-electron chi connectivity index (χ1n) is 11.1. The van der Waals surface area contributed by atoms with Crippen molar-refractivity contribution in [1.29, 1.82) is 0 Å². The monoisotopic (exact) mass is 452 g/mol. The smallest absolute Gasteiger partial charge is 0.226 e. The molecule has 9 heteroatoms. The molecule has 1 aromatic carbocycles. The van der Waals surface area contributed by atoms with Crippen LogP contribution in [0.3, 0.4) is 0 Å². The van der Waals surface area contributed by atoms with Crippen LogP contribution in [0.1, 0.15) is 19.4 Å². The maximum Gasteiger partial charge on any atom is 0.226 e. The number of nitrogens with one attached hydrogen (secondary N) is 2. The van der Waals surface area contributed by atoms with Crippen molar-refractivity contribution >= 4 is 41.3 Å². The highest BCUT2D eigenvalue weighted by atomic mass is 32.2. The van der Waals surface area contributed by atoms with Gasteiger partial charge in [-0.3, -0.25) is 4.99 Å². The van der Waals surface area contributed by atoms with E-state index in [0.29, 0.717) is 18.3 Å². The minimum absolute atomic E-state index is 0.516. The third kappa shape index (κ3) is 5.58. The van der Waals surface area contributed by atoms with E-state index in [-0.39, 0.29) is 0 Å². The summed E-state index contributed by atoms with van der Waals surface area (Å²) in [5.41, 5.74) is 3.20. The second kappa shape index (κ2) is 10.3. The van der Waals surface area contributed by atoms with Gasteiger partial charge in [0.15, 0.2) is 5.82 Å². The number of hydrogen-bond donors (Lipinski definition) is 2. The Morgan fingerprint density at radius 2 is 1.97 bits per heavy atom. The fourth-order valence-corrected chi connectivity index (χ4v) is 4.19. The van der Waals surface area contributed by atoms with E-state index in [1.165, 1.54) is 0 Å². The predicted octanol–water partition coefficient (Wildman–Crippen LogP) is 2.13. The molecule has 2 aliphatic rings. The van der Waals surface area contributed by atoms with Gasteiger partial charge < -0.3 is 19.8 Å². The van der Waals surface area contributed by atoms with E-state index in [9.17, 15) is 0 Å². The van der Waals surface area contributed by atoms with Crippen molar-refractivity contribution in [2.45, 2.75) is 20.8 Å². The normalized spacial score (nSPS) is 16.5. The molecule has 0 atom stereocenters. The van der Waals surface area contributed by atoms with Crippen molar-refractivity contribution in [3.05, 3.63) is 40.7 Å². The molecule has 1 aromatic heterocycles. The van der Waals surface area contributed by atoms with Gasteiger partial charge in [0, 0.05) is 49.5 Å². The molecular formula is C23H32N8S. The summed E-state index contributed by atoms with van der Waals surface area (Å²) in [5.74, 6) is 3.13. The van der Waals surface area contributed by atoms with E-state index in [0.717, 1.165) is 65.5 Å². The van der Waals surface area contributed by atoms with Gasteiger partial charge in [-0.2, -0.15) is 0 Å². The number of piperazine rings is 1. The lowest BCUT2D eigenvalue weighted by atomic mass is 10.2. The van der Waals surface area contributed by atoms with Gasteiger partial charge in [-0.1, -0.05) is 31.9 Å². The van der Waals surface area contributed by atoms with Crippen LogP contribution in [0.2, 0.25) is 0 Å². The molecule has 0 saturated carbocycles. The summed E-state index contributed by atoms with van der Waals surface area (Å²) in [5, 5.41) is 5.03. The lowest BCUT2D eigenvalue weighted by Gasteiger charge is -2.32. The maximum absolute atomic E-state index is 4.89. The molecule has 1 fully saturated rings. The number of benzene rings is 1. The van der Waals surface area contributed by atoms with Gasteiger partial charge in [0.05, 0.1) is 12.7 Å². The maximum atomic E-state index is 4.89. The van der Waals surface area contributed by atoms with Crippen LogP contribution in [-0.4, -0.2) is 66.6 Å². The van der Waals surface area contributed by atoms with Crippen LogP contribution in [0.15, 0.2) is 34.4 Å². The van der Waals surface area contributed by atoms with Crippen molar-refractivity contribution in [3.63, 3.8) is 0 Å². The summed E-state index contributed by atoms with van der Waals surface area (Å²) in [7, 11) is 2.14. The van der Waals surface area contributed by atoms with Crippen molar-refractivity contribution < 1.29 is 0 Å². The predicted molar refractivity (Wildman–Crippen MR) is 135 cm³/mol. The second-order valence-corrected chi connectivity index (χ2v) is 9.48. The first-order chi connectivity index (χ1) is 15.5. The van der Waals surface area contributed by atoms with E-state index in [2.05, 4.69) is 80.8 Å². The largest absolute Gasteiger partial charge is 0.338 e. The van der Waals surface area contributed by atoms with Crippen LogP contribution in [0.5, 0.6) is 0 Å². The molecule has 0 spiro atoms. The molecule has 0 bridgehead atoms. The third-order valence-electron chi connectivity index (χ3n) is 5.43. The summed E-state index contributed by atoms with van der Waals surface area (Å²) >= 11 is 1.73.